The van der Waals surface area contributed by atoms with Crippen LogP contribution in [0, 0.1) is 0 Å². The van der Waals surface area contributed by atoms with Crippen LogP contribution >= 0.6 is 0 Å². The highest BCUT2D eigenvalue weighted by molar-refractivity contribution is 5.85. The standard InChI is InChI=1S/C14H13NO5/c1-18-10-5-11(19-2)7-12(6-10)20-9-3-4-13(14(16)17)15-8-9/h3-8H,1-2H3,(H,16,17). The van der Waals surface area contributed by atoms with E-state index in [0.717, 1.165) is 0 Å². The van der Waals surface area contributed by atoms with Crippen LogP contribution < -0.4 is 14.2 Å². The van der Waals surface area contributed by atoms with Gasteiger partial charge in [-0.1, -0.05) is 0 Å². The number of hydrogen-bond donors (Lipinski definition) is 1. The summed E-state index contributed by atoms with van der Waals surface area (Å²) >= 11 is 0. The van der Waals surface area contributed by atoms with Crippen LogP contribution in [0.5, 0.6) is 23.0 Å². The highest BCUT2D eigenvalue weighted by Crippen LogP contribution is 2.30. The molecule has 6 nitrogen and oxygen atoms in total. The molecule has 0 saturated heterocycles. The van der Waals surface area contributed by atoms with E-state index in [1.807, 2.05) is 0 Å². The zero-order chi connectivity index (χ0) is 14.5. The fourth-order valence-corrected chi connectivity index (χ4v) is 1.54. The molecule has 0 atom stereocenters. The monoisotopic (exact) mass is 275 g/mol. The Morgan fingerprint density at radius 2 is 1.60 bits per heavy atom. The van der Waals surface area contributed by atoms with Crippen LogP contribution in [0.4, 0.5) is 0 Å². The van der Waals surface area contributed by atoms with Gasteiger partial charge in [-0.3, -0.25) is 0 Å². The van der Waals surface area contributed by atoms with Gasteiger partial charge in [-0.05, 0) is 12.1 Å². The van der Waals surface area contributed by atoms with Crippen LogP contribution in [-0.4, -0.2) is 30.3 Å². The molecule has 2 aromatic rings. The van der Waals surface area contributed by atoms with Crippen molar-refractivity contribution in [2.45, 2.75) is 0 Å². The summed E-state index contributed by atoms with van der Waals surface area (Å²) < 4.78 is 15.8. The molecule has 2 rings (SSSR count). The first-order chi connectivity index (χ1) is 9.62. The van der Waals surface area contributed by atoms with E-state index in [1.54, 1.807) is 32.4 Å². The fourth-order valence-electron chi connectivity index (χ4n) is 1.54. The fraction of sp³-hybridized carbons (Fsp3) is 0.143. The molecule has 0 aliphatic heterocycles. The van der Waals surface area contributed by atoms with Gasteiger partial charge in [-0.2, -0.15) is 0 Å². The first-order valence-electron chi connectivity index (χ1n) is 5.72. The summed E-state index contributed by atoms with van der Waals surface area (Å²) in [4.78, 5) is 14.5. The highest BCUT2D eigenvalue weighted by atomic mass is 16.5. The zero-order valence-electron chi connectivity index (χ0n) is 11.0. The molecule has 0 amide bonds. The van der Waals surface area contributed by atoms with Crippen molar-refractivity contribution in [1.82, 2.24) is 4.98 Å². The second kappa shape index (κ2) is 5.92. The Hall–Kier alpha value is -2.76. The van der Waals surface area contributed by atoms with Crippen LogP contribution in [0.1, 0.15) is 10.5 Å². The third kappa shape index (κ3) is 3.17. The summed E-state index contributed by atoms with van der Waals surface area (Å²) in [6.07, 6.45) is 1.34. The molecule has 0 unspecified atom stereocenters. The van der Waals surface area contributed by atoms with Crippen molar-refractivity contribution in [2.75, 3.05) is 14.2 Å². The molecule has 6 heteroatoms. The number of carboxylic acid groups (broad SMARTS) is 1. The zero-order valence-corrected chi connectivity index (χ0v) is 11.0. The van der Waals surface area contributed by atoms with Gasteiger partial charge in [-0.25, -0.2) is 9.78 Å². The molecular formula is C14H13NO5. The third-order valence-electron chi connectivity index (χ3n) is 2.52. The highest BCUT2D eigenvalue weighted by Gasteiger charge is 2.07. The summed E-state index contributed by atoms with van der Waals surface area (Å²) in [7, 11) is 3.09. The predicted molar refractivity (Wildman–Crippen MR) is 70.8 cm³/mol. The number of hydrogen-bond acceptors (Lipinski definition) is 5. The Morgan fingerprint density at radius 3 is 2.05 bits per heavy atom. The maximum Gasteiger partial charge on any atom is 0.354 e. The largest absolute Gasteiger partial charge is 0.496 e. The number of carbonyl (C=O) groups is 1. The van der Waals surface area contributed by atoms with Crippen LogP contribution in [0.15, 0.2) is 36.5 Å². The minimum absolute atomic E-state index is 0.0411. The van der Waals surface area contributed by atoms with Crippen molar-refractivity contribution in [3.8, 4) is 23.0 Å². The second-order valence-corrected chi connectivity index (χ2v) is 3.83. The Balaban J connectivity index is 2.22. The molecule has 20 heavy (non-hydrogen) atoms. The topological polar surface area (TPSA) is 77.9 Å². The molecule has 0 radical (unpaired) electrons. The Bertz CT molecular complexity index is 587. The first kappa shape index (κ1) is 13.7. The maximum atomic E-state index is 10.7. The molecular weight excluding hydrogens is 262 g/mol. The van der Waals surface area contributed by atoms with E-state index in [2.05, 4.69) is 4.98 Å². The van der Waals surface area contributed by atoms with Crippen LogP contribution in [0.2, 0.25) is 0 Å². The van der Waals surface area contributed by atoms with E-state index in [-0.39, 0.29) is 5.69 Å². The summed E-state index contributed by atoms with van der Waals surface area (Å²) in [6.45, 7) is 0. The van der Waals surface area contributed by atoms with Crippen molar-refractivity contribution in [2.24, 2.45) is 0 Å². The van der Waals surface area contributed by atoms with Gasteiger partial charge >= 0.3 is 5.97 Å². The van der Waals surface area contributed by atoms with E-state index < -0.39 is 5.97 Å². The molecule has 0 spiro atoms. The Kier molecular flexibility index (Phi) is 4.05. The number of pyridine rings is 1. The summed E-state index contributed by atoms with van der Waals surface area (Å²) in [5.74, 6) is 1.03. The molecule has 0 aliphatic carbocycles. The Labute approximate surface area is 115 Å². The molecule has 0 bridgehead atoms. The predicted octanol–water partition coefficient (Wildman–Crippen LogP) is 2.59. The average Bonchev–Trinajstić information content (AvgIpc) is 2.47. The average molecular weight is 275 g/mol. The quantitative estimate of drug-likeness (QED) is 0.903. The van der Waals surface area contributed by atoms with E-state index in [0.29, 0.717) is 23.0 Å². The van der Waals surface area contributed by atoms with Crippen LogP contribution in [0.3, 0.4) is 0 Å². The Morgan fingerprint density at radius 1 is 1.00 bits per heavy atom. The smallest absolute Gasteiger partial charge is 0.354 e. The number of aromatic carboxylic acids is 1. The number of methoxy groups -OCH3 is 2. The molecule has 1 heterocycles. The van der Waals surface area contributed by atoms with Gasteiger partial charge in [0.05, 0.1) is 20.4 Å². The van der Waals surface area contributed by atoms with Crippen molar-refractivity contribution >= 4 is 5.97 Å². The summed E-state index contributed by atoms with van der Waals surface area (Å²) in [5.41, 5.74) is -0.0411. The van der Waals surface area contributed by atoms with Crippen molar-refractivity contribution in [1.29, 1.82) is 0 Å². The van der Waals surface area contributed by atoms with E-state index >= 15 is 0 Å². The van der Waals surface area contributed by atoms with Crippen LogP contribution in [-0.2, 0) is 0 Å². The number of benzene rings is 1. The van der Waals surface area contributed by atoms with Gasteiger partial charge in [0.1, 0.15) is 28.7 Å². The minimum atomic E-state index is -1.08. The molecule has 1 N–H and O–H groups in total. The summed E-state index contributed by atoms with van der Waals surface area (Å²) in [5, 5.41) is 8.77. The molecule has 1 aromatic heterocycles. The molecule has 0 aliphatic rings. The normalized spacial score (nSPS) is 9.90. The lowest BCUT2D eigenvalue weighted by Crippen LogP contribution is -1.99. The lowest BCUT2D eigenvalue weighted by atomic mass is 10.3. The lowest BCUT2D eigenvalue weighted by Gasteiger charge is -2.09. The van der Waals surface area contributed by atoms with Gasteiger partial charge in [0.2, 0.25) is 0 Å². The number of rotatable bonds is 5. The second-order valence-electron chi connectivity index (χ2n) is 3.83. The number of ether oxygens (including phenoxy) is 3. The number of carboxylic acids is 1. The van der Waals surface area contributed by atoms with E-state index in [1.165, 1.54) is 18.3 Å². The minimum Gasteiger partial charge on any atom is -0.496 e. The molecule has 0 fully saturated rings. The lowest BCUT2D eigenvalue weighted by molar-refractivity contribution is 0.0690. The third-order valence-corrected chi connectivity index (χ3v) is 2.52. The number of aromatic nitrogens is 1. The van der Waals surface area contributed by atoms with E-state index in [9.17, 15) is 4.79 Å². The first-order valence-corrected chi connectivity index (χ1v) is 5.72. The van der Waals surface area contributed by atoms with Gasteiger partial charge in [0.15, 0.2) is 0 Å². The SMILES string of the molecule is COc1cc(OC)cc(Oc2ccc(C(=O)O)nc2)c1. The van der Waals surface area contributed by atoms with Gasteiger partial charge in [0, 0.05) is 18.2 Å². The van der Waals surface area contributed by atoms with Crippen molar-refractivity contribution < 1.29 is 24.1 Å². The molecule has 0 saturated carbocycles. The summed E-state index contributed by atoms with van der Waals surface area (Å²) in [6, 6.07) is 8.00. The molecule has 1 aromatic carbocycles. The molecule has 104 valence electrons. The van der Waals surface area contributed by atoms with Gasteiger partial charge in [-0.15, -0.1) is 0 Å². The van der Waals surface area contributed by atoms with Crippen molar-refractivity contribution in [3.63, 3.8) is 0 Å². The van der Waals surface area contributed by atoms with Crippen molar-refractivity contribution in [3.05, 3.63) is 42.2 Å². The number of nitrogens with zero attached hydrogens (tertiary/aromatic N) is 1. The van der Waals surface area contributed by atoms with Gasteiger partial charge < -0.3 is 19.3 Å². The van der Waals surface area contributed by atoms with Crippen LogP contribution in [0.25, 0.3) is 0 Å². The van der Waals surface area contributed by atoms with Gasteiger partial charge in [0.25, 0.3) is 0 Å². The van der Waals surface area contributed by atoms with E-state index in [4.69, 9.17) is 19.3 Å². The maximum absolute atomic E-state index is 10.7.